The normalized spacial score (nSPS) is 23.1. The Morgan fingerprint density at radius 3 is 2.83 bits per heavy atom. The van der Waals surface area contributed by atoms with Crippen molar-refractivity contribution < 1.29 is 14.2 Å². The van der Waals surface area contributed by atoms with Crippen LogP contribution in [0.1, 0.15) is 18.1 Å². The number of benzene rings is 1. The molecule has 1 fully saturated rings. The summed E-state index contributed by atoms with van der Waals surface area (Å²) < 4.78 is 16.7. The third-order valence-electron chi connectivity index (χ3n) is 3.42. The topological polar surface area (TPSA) is 39.7 Å². The van der Waals surface area contributed by atoms with Crippen LogP contribution in [-0.2, 0) is 4.74 Å². The van der Waals surface area contributed by atoms with E-state index >= 15 is 0 Å². The van der Waals surface area contributed by atoms with Gasteiger partial charge in [0.05, 0.1) is 20.3 Å². The minimum atomic E-state index is 0.0856. The molecule has 2 rings (SSSR count). The SMILES string of the molecule is CNCC1CCOC1c1cccc(OC)c1OC. The molecule has 2 unspecified atom stereocenters. The maximum absolute atomic E-state index is 5.87. The summed E-state index contributed by atoms with van der Waals surface area (Å²) in [6, 6.07) is 5.94. The van der Waals surface area contributed by atoms with E-state index in [1.807, 2.05) is 19.2 Å². The molecule has 0 saturated carbocycles. The summed E-state index contributed by atoms with van der Waals surface area (Å²) in [4.78, 5) is 0. The second-order valence-corrected chi connectivity index (χ2v) is 4.48. The summed E-state index contributed by atoms with van der Waals surface area (Å²) in [5.74, 6) is 2.03. The zero-order valence-electron chi connectivity index (χ0n) is 11.2. The van der Waals surface area contributed by atoms with Crippen molar-refractivity contribution in [2.75, 3.05) is 34.4 Å². The highest BCUT2D eigenvalue weighted by Gasteiger charge is 2.32. The Morgan fingerprint density at radius 1 is 1.33 bits per heavy atom. The van der Waals surface area contributed by atoms with Gasteiger partial charge in [0.15, 0.2) is 11.5 Å². The van der Waals surface area contributed by atoms with Crippen LogP contribution in [0.5, 0.6) is 11.5 Å². The van der Waals surface area contributed by atoms with Gasteiger partial charge in [-0.3, -0.25) is 0 Å². The zero-order chi connectivity index (χ0) is 13.0. The Bertz CT molecular complexity index is 395. The first-order valence-electron chi connectivity index (χ1n) is 6.29. The van der Waals surface area contributed by atoms with Crippen molar-refractivity contribution in [3.05, 3.63) is 23.8 Å². The van der Waals surface area contributed by atoms with Crippen molar-refractivity contribution in [3.8, 4) is 11.5 Å². The molecule has 1 heterocycles. The van der Waals surface area contributed by atoms with E-state index in [1.165, 1.54) is 0 Å². The summed E-state index contributed by atoms with van der Waals surface area (Å²) in [5, 5.41) is 3.22. The number of hydrogen-bond donors (Lipinski definition) is 1. The molecule has 1 aromatic rings. The Labute approximate surface area is 108 Å². The van der Waals surface area contributed by atoms with Crippen LogP contribution in [0.15, 0.2) is 18.2 Å². The minimum Gasteiger partial charge on any atom is -0.493 e. The van der Waals surface area contributed by atoms with Gasteiger partial charge in [-0.2, -0.15) is 0 Å². The van der Waals surface area contributed by atoms with E-state index in [1.54, 1.807) is 14.2 Å². The summed E-state index contributed by atoms with van der Waals surface area (Å²) in [7, 11) is 5.30. The molecule has 1 aliphatic heterocycles. The molecule has 1 N–H and O–H groups in total. The van der Waals surface area contributed by atoms with Crippen LogP contribution in [0, 0.1) is 5.92 Å². The maximum Gasteiger partial charge on any atom is 0.166 e. The van der Waals surface area contributed by atoms with E-state index in [2.05, 4.69) is 11.4 Å². The molecule has 0 aromatic heterocycles. The second-order valence-electron chi connectivity index (χ2n) is 4.48. The number of methoxy groups -OCH3 is 2. The predicted molar refractivity (Wildman–Crippen MR) is 70.3 cm³/mol. The van der Waals surface area contributed by atoms with Crippen molar-refractivity contribution in [2.24, 2.45) is 5.92 Å². The summed E-state index contributed by atoms with van der Waals surface area (Å²) in [6.45, 7) is 1.75. The van der Waals surface area contributed by atoms with Crippen LogP contribution in [0.3, 0.4) is 0 Å². The molecule has 100 valence electrons. The number of para-hydroxylation sites is 1. The quantitative estimate of drug-likeness (QED) is 0.869. The number of nitrogens with one attached hydrogen (secondary N) is 1. The van der Waals surface area contributed by atoms with Gasteiger partial charge >= 0.3 is 0 Å². The highest BCUT2D eigenvalue weighted by molar-refractivity contribution is 5.48. The Balaban J connectivity index is 2.31. The van der Waals surface area contributed by atoms with Crippen molar-refractivity contribution in [1.82, 2.24) is 5.32 Å². The highest BCUT2D eigenvalue weighted by Crippen LogP contribution is 2.42. The molecular weight excluding hydrogens is 230 g/mol. The molecular formula is C14H21NO3. The van der Waals surface area contributed by atoms with E-state index < -0.39 is 0 Å². The van der Waals surface area contributed by atoms with Crippen molar-refractivity contribution in [2.45, 2.75) is 12.5 Å². The minimum absolute atomic E-state index is 0.0856. The average Bonchev–Trinajstić information content (AvgIpc) is 2.86. The van der Waals surface area contributed by atoms with Crippen molar-refractivity contribution >= 4 is 0 Å². The molecule has 1 saturated heterocycles. The molecule has 4 heteroatoms. The standard InChI is InChI=1S/C14H21NO3/c1-15-9-10-7-8-18-13(10)11-5-4-6-12(16-2)14(11)17-3/h4-6,10,13,15H,7-9H2,1-3H3. The van der Waals surface area contributed by atoms with E-state index in [4.69, 9.17) is 14.2 Å². The van der Waals surface area contributed by atoms with Gasteiger partial charge < -0.3 is 19.5 Å². The molecule has 0 bridgehead atoms. The zero-order valence-corrected chi connectivity index (χ0v) is 11.2. The van der Waals surface area contributed by atoms with E-state index in [9.17, 15) is 0 Å². The third kappa shape index (κ3) is 2.44. The molecule has 4 nitrogen and oxygen atoms in total. The predicted octanol–water partition coefficient (Wildman–Crippen LogP) is 2.00. The third-order valence-corrected chi connectivity index (χ3v) is 3.42. The summed E-state index contributed by atoms with van der Waals surface area (Å²) >= 11 is 0. The Morgan fingerprint density at radius 2 is 2.17 bits per heavy atom. The van der Waals surface area contributed by atoms with Gasteiger partial charge in [-0.25, -0.2) is 0 Å². The summed E-state index contributed by atoms with van der Waals surface area (Å²) in [6.07, 6.45) is 1.16. The number of hydrogen-bond acceptors (Lipinski definition) is 4. The summed E-state index contributed by atoms with van der Waals surface area (Å²) in [5.41, 5.74) is 1.08. The van der Waals surface area contributed by atoms with Gasteiger partial charge in [0.2, 0.25) is 0 Å². The van der Waals surface area contributed by atoms with Crippen LogP contribution < -0.4 is 14.8 Å². The molecule has 0 spiro atoms. The van der Waals surface area contributed by atoms with Crippen LogP contribution in [0.2, 0.25) is 0 Å². The smallest absolute Gasteiger partial charge is 0.166 e. The van der Waals surface area contributed by atoms with Crippen LogP contribution in [-0.4, -0.2) is 34.4 Å². The first kappa shape index (κ1) is 13.2. The molecule has 1 aliphatic rings. The highest BCUT2D eigenvalue weighted by atomic mass is 16.5. The second kappa shape index (κ2) is 6.07. The molecule has 0 amide bonds. The van der Waals surface area contributed by atoms with Gasteiger partial charge in [-0.15, -0.1) is 0 Å². The van der Waals surface area contributed by atoms with Crippen LogP contribution in [0.4, 0.5) is 0 Å². The first-order valence-corrected chi connectivity index (χ1v) is 6.29. The Hall–Kier alpha value is -1.26. The van der Waals surface area contributed by atoms with Gasteiger partial charge in [-0.1, -0.05) is 12.1 Å². The lowest BCUT2D eigenvalue weighted by molar-refractivity contribution is 0.0883. The van der Waals surface area contributed by atoms with E-state index in [0.29, 0.717) is 5.92 Å². The van der Waals surface area contributed by atoms with E-state index in [-0.39, 0.29) is 6.10 Å². The Kier molecular flexibility index (Phi) is 4.44. The van der Waals surface area contributed by atoms with Gasteiger partial charge in [0, 0.05) is 24.6 Å². The molecule has 18 heavy (non-hydrogen) atoms. The van der Waals surface area contributed by atoms with Crippen LogP contribution in [0.25, 0.3) is 0 Å². The first-order chi connectivity index (χ1) is 8.81. The fourth-order valence-electron chi connectivity index (χ4n) is 2.58. The lowest BCUT2D eigenvalue weighted by atomic mass is 9.94. The van der Waals surface area contributed by atoms with Crippen molar-refractivity contribution in [3.63, 3.8) is 0 Å². The number of rotatable bonds is 5. The fraction of sp³-hybridized carbons (Fsp3) is 0.571. The maximum atomic E-state index is 5.87. The van der Waals surface area contributed by atoms with Gasteiger partial charge in [0.1, 0.15) is 0 Å². The largest absolute Gasteiger partial charge is 0.493 e. The van der Waals surface area contributed by atoms with E-state index in [0.717, 1.165) is 36.6 Å². The number of ether oxygens (including phenoxy) is 3. The fourth-order valence-corrected chi connectivity index (χ4v) is 2.58. The van der Waals surface area contributed by atoms with Gasteiger partial charge in [-0.05, 0) is 19.5 Å². The molecule has 0 aliphatic carbocycles. The molecule has 1 aromatic carbocycles. The molecule has 0 radical (unpaired) electrons. The van der Waals surface area contributed by atoms with Crippen LogP contribution >= 0.6 is 0 Å². The monoisotopic (exact) mass is 251 g/mol. The molecule has 2 atom stereocenters. The lowest BCUT2D eigenvalue weighted by Crippen LogP contribution is -2.21. The van der Waals surface area contributed by atoms with Crippen molar-refractivity contribution in [1.29, 1.82) is 0 Å². The average molecular weight is 251 g/mol. The lowest BCUT2D eigenvalue weighted by Gasteiger charge is -2.21. The van der Waals surface area contributed by atoms with Gasteiger partial charge in [0.25, 0.3) is 0 Å².